The first-order valence-corrected chi connectivity index (χ1v) is 17.0. The Morgan fingerprint density at radius 2 is 1.02 bits per heavy atom. The molecule has 0 spiro atoms. The third-order valence-electron chi connectivity index (χ3n) is 8.42. The molecular weight excluding hydrogens is 639 g/mol. The van der Waals surface area contributed by atoms with Gasteiger partial charge in [-0.3, -0.25) is 14.5 Å². The Hall–Kier alpha value is -6.64. The first-order valence-electron chi connectivity index (χ1n) is 16.1. The van der Waals surface area contributed by atoms with Crippen LogP contribution in [-0.2, 0) is 0 Å². The van der Waals surface area contributed by atoms with Gasteiger partial charge >= 0.3 is 0 Å². The van der Waals surface area contributed by atoms with Crippen molar-refractivity contribution in [3.63, 3.8) is 0 Å². The molecule has 9 rings (SSSR count). The van der Waals surface area contributed by atoms with Gasteiger partial charge in [0, 0.05) is 69.3 Å². The van der Waals surface area contributed by atoms with Gasteiger partial charge < -0.3 is 9.47 Å². The van der Waals surface area contributed by atoms with E-state index >= 15 is 0 Å². The zero-order chi connectivity index (χ0) is 33.3. The van der Waals surface area contributed by atoms with Crippen molar-refractivity contribution in [3.8, 4) is 61.9 Å². The lowest BCUT2D eigenvalue weighted by molar-refractivity contribution is 0.483. The molecule has 50 heavy (non-hydrogen) atoms. The normalized spacial score (nSPS) is 11.2. The van der Waals surface area contributed by atoms with Crippen LogP contribution < -0.4 is 9.47 Å². The van der Waals surface area contributed by atoms with E-state index < -0.39 is 0 Å². The summed E-state index contributed by atoms with van der Waals surface area (Å²) in [5.41, 5.74) is 6.54. The second-order valence-corrected chi connectivity index (χ2v) is 12.6. The molecule has 0 saturated carbocycles. The number of thiophene rings is 1. The summed E-state index contributed by atoms with van der Waals surface area (Å²) in [5.74, 6) is 3.37. The molecule has 0 unspecified atom stereocenters. The number of hydrogen-bond acceptors (Lipinski definition) is 7. The molecule has 0 saturated heterocycles. The van der Waals surface area contributed by atoms with Crippen LogP contribution in [0.2, 0.25) is 0 Å². The molecule has 0 fully saturated rings. The van der Waals surface area contributed by atoms with Gasteiger partial charge in [-0.25, -0.2) is 9.97 Å². The van der Waals surface area contributed by atoms with E-state index in [4.69, 9.17) is 19.4 Å². The minimum atomic E-state index is 0.550. The largest absolute Gasteiger partial charge is 0.457 e. The smallest absolute Gasteiger partial charge is 0.234 e. The Kier molecular flexibility index (Phi) is 7.53. The molecule has 0 radical (unpaired) electrons. The van der Waals surface area contributed by atoms with Gasteiger partial charge in [0.2, 0.25) is 5.95 Å². The predicted molar refractivity (Wildman–Crippen MR) is 199 cm³/mol. The van der Waals surface area contributed by atoms with E-state index in [1.165, 1.54) is 0 Å². The van der Waals surface area contributed by atoms with Crippen molar-refractivity contribution in [2.75, 3.05) is 0 Å². The van der Waals surface area contributed by atoms with Crippen molar-refractivity contribution in [2.24, 2.45) is 0 Å². The molecule has 0 amide bonds. The maximum absolute atomic E-state index is 6.44. The Labute approximate surface area is 291 Å². The van der Waals surface area contributed by atoms with Crippen LogP contribution in [-0.4, -0.2) is 24.5 Å². The molecule has 5 heterocycles. The van der Waals surface area contributed by atoms with E-state index in [0.717, 1.165) is 66.3 Å². The first kappa shape index (κ1) is 29.5. The van der Waals surface area contributed by atoms with Gasteiger partial charge in [0.25, 0.3) is 0 Å². The van der Waals surface area contributed by atoms with E-state index in [1.807, 2.05) is 128 Å². The van der Waals surface area contributed by atoms with Crippen molar-refractivity contribution in [1.29, 1.82) is 0 Å². The highest BCUT2D eigenvalue weighted by Crippen LogP contribution is 2.38. The Morgan fingerprint density at radius 1 is 0.460 bits per heavy atom. The van der Waals surface area contributed by atoms with Gasteiger partial charge in [0.1, 0.15) is 23.0 Å². The Bertz CT molecular complexity index is 2440. The van der Waals surface area contributed by atoms with E-state index in [0.29, 0.717) is 17.4 Å². The van der Waals surface area contributed by atoms with Crippen molar-refractivity contribution in [1.82, 2.24) is 24.5 Å². The molecule has 0 atom stereocenters. The zero-order valence-electron chi connectivity index (χ0n) is 26.5. The highest BCUT2D eigenvalue weighted by atomic mass is 32.1. The molecule has 0 aliphatic heterocycles. The summed E-state index contributed by atoms with van der Waals surface area (Å²) in [7, 11) is 0. The summed E-state index contributed by atoms with van der Waals surface area (Å²) >= 11 is 1.66. The lowest BCUT2D eigenvalue weighted by atomic mass is 10.1. The monoisotopic (exact) mass is 665 g/mol. The van der Waals surface area contributed by atoms with Crippen LogP contribution in [0.3, 0.4) is 0 Å². The number of aromatic nitrogens is 5. The van der Waals surface area contributed by atoms with Crippen molar-refractivity contribution < 1.29 is 9.47 Å². The molecule has 238 valence electrons. The van der Waals surface area contributed by atoms with E-state index in [9.17, 15) is 0 Å². The summed E-state index contributed by atoms with van der Waals surface area (Å²) in [5, 5.41) is 4.14. The SMILES string of the molecule is c1ccc(-c2cccc(Oc3ccc4c5ccc(Oc6cccc(-c7ccccn7)c6)cc5n(-c5ncc(-c6cccs6)cn5)c4c3)c2)nc1. The average molecular weight is 666 g/mol. The molecule has 0 aliphatic rings. The fourth-order valence-electron chi connectivity index (χ4n) is 6.10. The quantitative estimate of drug-likeness (QED) is 0.161. The number of rotatable bonds is 8. The molecule has 9 aromatic rings. The summed E-state index contributed by atoms with van der Waals surface area (Å²) in [4.78, 5) is 19.8. The van der Waals surface area contributed by atoms with E-state index in [2.05, 4.69) is 38.1 Å². The first-order chi connectivity index (χ1) is 24.7. The van der Waals surface area contributed by atoms with Crippen LogP contribution in [0, 0.1) is 0 Å². The third-order valence-corrected chi connectivity index (χ3v) is 9.33. The highest BCUT2D eigenvalue weighted by Gasteiger charge is 2.17. The lowest BCUT2D eigenvalue weighted by Crippen LogP contribution is -2.01. The third kappa shape index (κ3) is 5.74. The minimum absolute atomic E-state index is 0.550. The van der Waals surface area contributed by atoms with E-state index in [-0.39, 0.29) is 0 Å². The summed E-state index contributed by atoms with van der Waals surface area (Å²) in [6, 6.07) is 44.0. The molecule has 5 aromatic heterocycles. The van der Waals surface area contributed by atoms with Crippen LogP contribution in [0.15, 0.2) is 164 Å². The van der Waals surface area contributed by atoms with Gasteiger partial charge in [-0.05, 0) is 84.2 Å². The second-order valence-electron chi connectivity index (χ2n) is 11.6. The molecular formula is C42H27N5O2S. The lowest BCUT2D eigenvalue weighted by Gasteiger charge is -2.10. The number of hydrogen-bond donors (Lipinski definition) is 0. The number of ether oxygens (including phenoxy) is 2. The number of nitrogens with zero attached hydrogens (tertiary/aromatic N) is 5. The summed E-state index contributed by atoms with van der Waals surface area (Å²) in [6.07, 6.45) is 7.33. The molecule has 4 aromatic carbocycles. The van der Waals surface area contributed by atoms with Crippen molar-refractivity contribution >= 4 is 33.1 Å². The summed E-state index contributed by atoms with van der Waals surface area (Å²) < 4.78 is 15.0. The van der Waals surface area contributed by atoms with Crippen LogP contribution in [0.5, 0.6) is 23.0 Å². The second kappa shape index (κ2) is 12.8. The van der Waals surface area contributed by atoms with Crippen molar-refractivity contribution in [3.05, 3.63) is 164 Å². The molecule has 7 nitrogen and oxygen atoms in total. The average Bonchev–Trinajstić information content (AvgIpc) is 3.83. The zero-order valence-corrected chi connectivity index (χ0v) is 27.4. The van der Waals surface area contributed by atoms with Crippen LogP contribution >= 0.6 is 11.3 Å². The highest BCUT2D eigenvalue weighted by molar-refractivity contribution is 7.13. The van der Waals surface area contributed by atoms with Crippen LogP contribution in [0.25, 0.3) is 60.7 Å². The maximum atomic E-state index is 6.44. The molecule has 8 heteroatoms. The molecule has 0 aliphatic carbocycles. The van der Waals surface area contributed by atoms with Crippen LogP contribution in [0.1, 0.15) is 0 Å². The fourth-order valence-corrected chi connectivity index (χ4v) is 6.81. The summed E-state index contributed by atoms with van der Waals surface area (Å²) in [6.45, 7) is 0. The molecule has 0 bridgehead atoms. The standard InChI is InChI=1S/C42H27N5O2S/c1-3-19-43-37(12-1)28-8-5-10-31(22-28)48-33-15-17-35-36-18-16-34(49-32-11-6-9-29(23-32)38-13-2-4-20-44-38)25-40(36)47(39(35)24-33)42-45-26-30(27-46-42)41-14-7-21-50-41/h1-27H. The predicted octanol–water partition coefficient (Wildman–Crippen LogP) is 11.0. The van der Waals surface area contributed by atoms with Gasteiger partial charge in [0.15, 0.2) is 0 Å². The van der Waals surface area contributed by atoms with Gasteiger partial charge in [-0.1, -0.05) is 42.5 Å². The Morgan fingerprint density at radius 3 is 1.52 bits per heavy atom. The van der Waals surface area contributed by atoms with Crippen LogP contribution in [0.4, 0.5) is 0 Å². The number of benzene rings is 4. The van der Waals surface area contributed by atoms with E-state index in [1.54, 1.807) is 23.7 Å². The Balaban J connectivity index is 1.13. The van der Waals surface area contributed by atoms with Crippen molar-refractivity contribution in [2.45, 2.75) is 0 Å². The van der Waals surface area contributed by atoms with Gasteiger partial charge in [-0.2, -0.15) is 0 Å². The number of fused-ring (bicyclic) bond motifs is 3. The fraction of sp³-hybridized carbons (Fsp3) is 0. The topological polar surface area (TPSA) is 75.0 Å². The number of pyridine rings is 2. The molecule has 0 N–H and O–H groups in total. The van der Waals surface area contributed by atoms with Gasteiger partial charge in [-0.15, -0.1) is 11.3 Å². The minimum Gasteiger partial charge on any atom is -0.457 e. The van der Waals surface area contributed by atoms with Gasteiger partial charge in [0.05, 0.1) is 22.4 Å². The maximum Gasteiger partial charge on any atom is 0.234 e.